The van der Waals surface area contributed by atoms with Gasteiger partial charge in [-0.05, 0) is 35.6 Å². The number of hydrogen-bond donors (Lipinski definition) is 3. The van der Waals surface area contributed by atoms with Crippen molar-refractivity contribution in [1.29, 1.82) is 0 Å². The number of alkyl carbamates (subject to hydrolysis) is 1. The lowest BCUT2D eigenvalue weighted by Gasteiger charge is -2.24. The van der Waals surface area contributed by atoms with Crippen LogP contribution in [0.15, 0.2) is 48.5 Å². The molecule has 0 radical (unpaired) electrons. The molecule has 0 fully saturated rings. The van der Waals surface area contributed by atoms with Gasteiger partial charge in [0.2, 0.25) is 5.91 Å². The molecule has 0 spiro atoms. The van der Waals surface area contributed by atoms with Crippen LogP contribution in [0.1, 0.15) is 37.3 Å². The van der Waals surface area contributed by atoms with Crippen LogP contribution in [0.2, 0.25) is 0 Å². The van der Waals surface area contributed by atoms with Crippen molar-refractivity contribution in [3.05, 3.63) is 59.7 Å². The van der Waals surface area contributed by atoms with Gasteiger partial charge in [-0.1, -0.05) is 55.5 Å². The maximum absolute atomic E-state index is 12.1. The van der Waals surface area contributed by atoms with E-state index < -0.39 is 17.6 Å². The number of fused-ring (bicyclic) bond motifs is 3. The Bertz CT molecular complexity index is 950. The molecule has 3 N–H and O–H groups in total. The first-order valence-electron chi connectivity index (χ1n) is 10.6. The fraction of sp³-hybridized carbons (Fsp3) is 0.375. The Morgan fingerprint density at radius 1 is 1.06 bits per heavy atom. The summed E-state index contributed by atoms with van der Waals surface area (Å²) in [4.78, 5) is 35.3. The summed E-state index contributed by atoms with van der Waals surface area (Å²) in [5.41, 5.74) is 3.40. The number of carboxylic acid groups (broad SMARTS) is 1. The molecule has 2 aromatic carbocycles. The van der Waals surface area contributed by atoms with E-state index in [9.17, 15) is 19.5 Å². The molecular weight excluding hydrogens is 428 g/mol. The molecule has 1 unspecified atom stereocenters. The van der Waals surface area contributed by atoms with E-state index in [-0.39, 0.29) is 24.2 Å². The number of carboxylic acids is 1. The summed E-state index contributed by atoms with van der Waals surface area (Å²) in [7, 11) is 0. The SMILES string of the molecule is CCC(C)(NC(=O)CSCCNC(=O)OCC1c2ccccc2-c2ccccc21)C(=O)O. The van der Waals surface area contributed by atoms with Gasteiger partial charge in [0.05, 0.1) is 5.75 Å². The van der Waals surface area contributed by atoms with E-state index in [1.807, 2.05) is 24.3 Å². The molecular formula is C24H28N2O5S. The standard InChI is InChI=1S/C24H28N2O5S/c1-3-24(2,22(28)29)26-21(27)15-32-13-12-25-23(30)31-14-20-18-10-6-4-8-16(18)17-9-5-7-11-19(17)20/h4-11,20H,3,12-15H2,1-2H3,(H,25,30)(H,26,27)(H,28,29). The van der Waals surface area contributed by atoms with Crippen LogP contribution in [0.5, 0.6) is 0 Å². The highest BCUT2D eigenvalue weighted by atomic mass is 32.2. The molecule has 0 saturated heterocycles. The van der Waals surface area contributed by atoms with E-state index in [2.05, 4.69) is 34.9 Å². The first-order chi connectivity index (χ1) is 15.4. The van der Waals surface area contributed by atoms with Gasteiger partial charge < -0.3 is 20.5 Å². The molecule has 2 amide bonds. The molecule has 1 atom stereocenters. The summed E-state index contributed by atoms with van der Waals surface area (Å²) in [5.74, 6) is -0.769. The molecule has 1 aliphatic rings. The molecule has 2 aromatic rings. The number of nitrogens with one attached hydrogen (secondary N) is 2. The van der Waals surface area contributed by atoms with Crippen molar-refractivity contribution in [2.75, 3.05) is 24.7 Å². The van der Waals surface area contributed by atoms with Crippen LogP contribution in [0, 0.1) is 0 Å². The van der Waals surface area contributed by atoms with Gasteiger partial charge in [0.15, 0.2) is 0 Å². The van der Waals surface area contributed by atoms with Crippen molar-refractivity contribution in [2.45, 2.75) is 31.7 Å². The zero-order valence-electron chi connectivity index (χ0n) is 18.2. The lowest BCUT2D eigenvalue weighted by atomic mass is 9.98. The molecule has 170 valence electrons. The first-order valence-corrected chi connectivity index (χ1v) is 11.7. The van der Waals surface area contributed by atoms with Gasteiger partial charge in [0, 0.05) is 18.2 Å². The third-order valence-electron chi connectivity index (χ3n) is 5.69. The quantitative estimate of drug-likeness (QED) is 0.472. The van der Waals surface area contributed by atoms with Gasteiger partial charge in [0.25, 0.3) is 0 Å². The van der Waals surface area contributed by atoms with Crippen LogP contribution < -0.4 is 10.6 Å². The lowest BCUT2D eigenvalue weighted by Crippen LogP contribution is -2.52. The number of amides is 2. The van der Waals surface area contributed by atoms with Crippen LogP contribution in [0.25, 0.3) is 11.1 Å². The Morgan fingerprint density at radius 3 is 2.22 bits per heavy atom. The predicted octanol–water partition coefficient (Wildman–Crippen LogP) is 3.63. The van der Waals surface area contributed by atoms with Gasteiger partial charge in [-0.3, -0.25) is 4.79 Å². The monoisotopic (exact) mass is 456 g/mol. The second-order valence-electron chi connectivity index (χ2n) is 7.84. The highest BCUT2D eigenvalue weighted by Gasteiger charge is 2.32. The second kappa shape index (κ2) is 10.5. The summed E-state index contributed by atoms with van der Waals surface area (Å²) in [5, 5.41) is 14.4. The Kier molecular flexibility index (Phi) is 7.80. The minimum Gasteiger partial charge on any atom is -0.480 e. The molecule has 0 saturated carbocycles. The molecule has 7 nitrogen and oxygen atoms in total. The van der Waals surface area contributed by atoms with Gasteiger partial charge in [0.1, 0.15) is 12.1 Å². The van der Waals surface area contributed by atoms with Crippen LogP contribution in [-0.2, 0) is 14.3 Å². The van der Waals surface area contributed by atoms with E-state index in [0.29, 0.717) is 18.7 Å². The average molecular weight is 457 g/mol. The van der Waals surface area contributed by atoms with Crippen molar-refractivity contribution in [3.63, 3.8) is 0 Å². The number of thioether (sulfide) groups is 1. The number of rotatable bonds is 10. The fourth-order valence-electron chi connectivity index (χ4n) is 3.68. The first kappa shape index (κ1) is 23.7. The third-order valence-corrected chi connectivity index (χ3v) is 6.65. The average Bonchev–Trinajstić information content (AvgIpc) is 3.11. The molecule has 0 heterocycles. The molecule has 1 aliphatic carbocycles. The van der Waals surface area contributed by atoms with Crippen LogP contribution in [0.3, 0.4) is 0 Å². The highest BCUT2D eigenvalue weighted by molar-refractivity contribution is 7.99. The maximum atomic E-state index is 12.1. The summed E-state index contributed by atoms with van der Waals surface area (Å²) in [6, 6.07) is 16.3. The summed E-state index contributed by atoms with van der Waals surface area (Å²) in [6.45, 7) is 3.79. The number of carbonyl (C=O) groups excluding carboxylic acids is 2. The largest absolute Gasteiger partial charge is 0.480 e. The van der Waals surface area contributed by atoms with Crippen molar-refractivity contribution < 1.29 is 24.2 Å². The molecule has 3 rings (SSSR count). The zero-order chi connectivity index (χ0) is 23.1. The van der Waals surface area contributed by atoms with Crippen molar-refractivity contribution in [2.24, 2.45) is 0 Å². The van der Waals surface area contributed by atoms with Gasteiger partial charge >= 0.3 is 12.1 Å². The van der Waals surface area contributed by atoms with E-state index in [1.165, 1.54) is 29.8 Å². The van der Waals surface area contributed by atoms with E-state index in [1.54, 1.807) is 6.92 Å². The normalized spacial score (nSPS) is 14.1. The summed E-state index contributed by atoms with van der Waals surface area (Å²) in [6.07, 6.45) is -0.205. The molecule has 32 heavy (non-hydrogen) atoms. The number of hydrogen-bond acceptors (Lipinski definition) is 5. The molecule has 8 heteroatoms. The van der Waals surface area contributed by atoms with E-state index in [4.69, 9.17) is 4.74 Å². The van der Waals surface area contributed by atoms with Gasteiger partial charge in [-0.25, -0.2) is 9.59 Å². The van der Waals surface area contributed by atoms with Crippen LogP contribution in [0.4, 0.5) is 4.79 Å². The number of carbonyl (C=O) groups is 3. The highest BCUT2D eigenvalue weighted by Crippen LogP contribution is 2.44. The molecule has 0 bridgehead atoms. The Hall–Kier alpha value is -3.00. The topological polar surface area (TPSA) is 105 Å². The number of aliphatic carboxylic acids is 1. The van der Waals surface area contributed by atoms with Gasteiger partial charge in [-0.15, -0.1) is 0 Å². The van der Waals surface area contributed by atoms with Crippen molar-refractivity contribution in [3.8, 4) is 11.1 Å². The fourth-order valence-corrected chi connectivity index (χ4v) is 4.32. The van der Waals surface area contributed by atoms with Crippen LogP contribution >= 0.6 is 11.8 Å². The Labute approximate surface area is 191 Å². The lowest BCUT2D eigenvalue weighted by molar-refractivity contribution is -0.146. The van der Waals surface area contributed by atoms with Crippen LogP contribution in [-0.4, -0.2) is 53.3 Å². The Morgan fingerprint density at radius 2 is 1.66 bits per heavy atom. The minimum atomic E-state index is -1.27. The van der Waals surface area contributed by atoms with E-state index >= 15 is 0 Å². The van der Waals surface area contributed by atoms with Crippen molar-refractivity contribution >= 4 is 29.7 Å². The maximum Gasteiger partial charge on any atom is 0.407 e. The summed E-state index contributed by atoms with van der Waals surface area (Å²) >= 11 is 1.32. The molecule has 0 aliphatic heterocycles. The van der Waals surface area contributed by atoms with E-state index in [0.717, 1.165) is 11.1 Å². The third kappa shape index (κ3) is 5.43. The number of ether oxygens (including phenoxy) is 1. The molecule has 0 aromatic heterocycles. The summed E-state index contributed by atoms with van der Waals surface area (Å²) < 4.78 is 5.47. The Balaban J connectivity index is 1.39. The minimum absolute atomic E-state index is 0.00772. The van der Waals surface area contributed by atoms with Crippen molar-refractivity contribution in [1.82, 2.24) is 10.6 Å². The zero-order valence-corrected chi connectivity index (χ0v) is 19.0. The van der Waals surface area contributed by atoms with Gasteiger partial charge in [-0.2, -0.15) is 11.8 Å². The second-order valence-corrected chi connectivity index (χ2v) is 8.95. The smallest absolute Gasteiger partial charge is 0.407 e. The number of benzene rings is 2. The predicted molar refractivity (Wildman–Crippen MR) is 125 cm³/mol.